The molecule has 3 aromatic carbocycles. The molecule has 5 nitrogen and oxygen atoms in total. The fraction of sp³-hybridized carbons (Fsp3) is 0.226. The number of carbonyl (C=O) groups excluding carboxylic acids is 1. The first-order valence-corrected chi connectivity index (χ1v) is 14.2. The number of Topliss-reactive ketones (excluding diaryl/α,β-unsaturated/α-hetero) is 1. The highest BCUT2D eigenvalue weighted by Gasteiger charge is 2.41. The molecule has 3 aromatic rings. The van der Waals surface area contributed by atoms with Gasteiger partial charge in [-0.2, -0.15) is 5.26 Å². The van der Waals surface area contributed by atoms with Crippen molar-refractivity contribution in [2.45, 2.75) is 45.6 Å². The molecule has 0 radical (unpaired) electrons. The first kappa shape index (κ1) is 27.2. The van der Waals surface area contributed by atoms with Crippen LogP contribution in [0.5, 0.6) is 5.75 Å². The summed E-state index contributed by atoms with van der Waals surface area (Å²) in [6.07, 6.45) is 1.55. The van der Waals surface area contributed by atoms with Crippen molar-refractivity contribution < 1.29 is 13.9 Å². The molecule has 2 N–H and O–H groups in total. The summed E-state index contributed by atoms with van der Waals surface area (Å²) in [5, 5.41) is 10.4. The van der Waals surface area contributed by atoms with Crippen LogP contribution in [0.25, 0.3) is 0 Å². The van der Waals surface area contributed by atoms with E-state index < -0.39 is 11.7 Å². The highest BCUT2D eigenvalue weighted by atomic mass is 79.9. The van der Waals surface area contributed by atoms with Gasteiger partial charge in [-0.15, -0.1) is 0 Å². The summed E-state index contributed by atoms with van der Waals surface area (Å²) in [7, 11) is 0. The number of ether oxygens (including phenoxy) is 1. The first-order valence-electron chi connectivity index (χ1n) is 12.6. The van der Waals surface area contributed by atoms with E-state index in [0.29, 0.717) is 41.6 Å². The van der Waals surface area contributed by atoms with Gasteiger partial charge in [-0.25, -0.2) is 4.39 Å². The number of halogens is 3. The first-order chi connectivity index (χ1) is 18.7. The van der Waals surface area contributed by atoms with Gasteiger partial charge in [-0.05, 0) is 91.4 Å². The third kappa shape index (κ3) is 5.13. The Morgan fingerprint density at radius 3 is 2.46 bits per heavy atom. The van der Waals surface area contributed by atoms with Gasteiger partial charge in [-0.3, -0.25) is 9.69 Å². The zero-order valence-corrected chi connectivity index (χ0v) is 24.7. The topological polar surface area (TPSA) is 79.4 Å². The van der Waals surface area contributed by atoms with Gasteiger partial charge in [0.05, 0.1) is 23.2 Å². The Bertz CT molecular complexity index is 1590. The third-order valence-electron chi connectivity index (χ3n) is 7.31. The predicted molar refractivity (Wildman–Crippen MR) is 156 cm³/mol. The number of carbonyl (C=O) groups is 1. The standard InChI is InChI=1S/C31H26Br2FN3O2/c1-17-12-18(2)23(13-19(17)16-39-22-9-6-20(32)7-10-22)29-24(15-35)31(36)37(26-11-8-21(33)14-25(26)34)27-4-3-5-28(38)30(27)29/h6-14,29H,3-5,16,36H2,1-2H3. The van der Waals surface area contributed by atoms with Crippen LogP contribution in [0, 0.1) is 31.0 Å². The second-order valence-corrected chi connectivity index (χ2v) is 11.6. The van der Waals surface area contributed by atoms with Gasteiger partial charge in [0.2, 0.25) is 0 Å². The van der Waals surface area contributed by atoms with Crippen molar-refractivity contribution >= 4 is 43.3 Å². The van der Waals surface area contributed by atoms with Crippen LogP contribution in [0.1, 0.15) is 47.4 Å². The van der Waals surface area contributed by atoms with E-state index in [1.54, 1.807) is 17.0 Å². The van der Waals surface area contributed by atoms with Crippen LogP contribution < -0.4 is 15.4 Å². The Kier molecular flexibility index (Phi) is 7.66. The molecule has 0 bridgehead atoms. The molecule has 1 aliphatic carbocycles. The quantitative estimate of drug-likeness (QED) is 0.304. The zero-order chi connectivity index (χ0) is 27.8. The second kappa shape index (κ2) is 11.0. The maximum absolute atomic E-state index is 15.2. The van der Waals surface area contributed by atoms with E-state index in [0.717, 1.165) is 32.5 Å². The molecule has 198 valence electrons. The summed E-state index contributed by atoms with van der Waals surface area (Å²) in [6, 6.07) is 18.6. The molecule has 1 heterocycles. The number of ketones is 1. The Balaban J connectivity index is 1.63. The van der Waals surface area contributed by atoms with Crippen LogP contribution in [0.4, 0.5) is 10.1 Å². The molecule has 0 aromatic heterocycles. The minimum atomic E-state index is -0.639. The molecular weight excluding hydrogens is 625 g/mol. The smallest absolute Gasteiger partial charge is 0.161 e. The Morgan fingerprint density at radius 1 is 1.05 bits per heavy atom. The van der Waals surface area contributed by atoms with Gasteiger partial charge in [0.1, 0.15) is 24.0 Å². The number of rotatable bonds is 5. The lowest BCUT2D eigenvalue weighted by Gasteiger charge is -2.40. The molecule has 8 heteroatoms. The average Bonchev–Trinajstić information content (AvgIpc) is 2.90. The molecule has 5 rings (SSSR count). The molecule has 0 fully saturated rings. The minimum absolute atomic E-state index is 0.0448. The highest BCUT2D eigenvalue weighted by molar-refractivity contribution is 9.10. The SMILES string of the molecule is Cc1cc(C)c(C2C(C#N)=C(N)N(c3ccc(Br)cc3F)C3=C2C(=O)CCC3)cc1COc1ccc(Br)cc1. The minimum Gasteiger partial charge on any atom is -0.489 e. The van der Waals surface area contributed by atoms with Crippen LogP contribution >= 0.6 is 31.9 Å². The van der Waals surface area contributed by atoms with Crippen LogP contribution in [0.2, 0.25) is 0 Å². The van der Waals surface area contributed by atoms with E-state index in [-0.39, 0.29) is 22.9 Å². The number of hydrogen-bond donors (Lipinski definition) is 1. The molecule has 0 spiro atoms. The van der Waals surface area contributed by atoms with Crippen molar-refractivity contribution in [3.8, 4) is 11.8 Å². The molecule has 0 saturated heterocycles. The Morgan fingerprint density at radius 2 is 1.77 bits per heavy atom. The number of nitrogens with zero attached hydrogens (tertiary/aromatic N) is 2. The van der Waals surface area contributed by atoms with E-state index in [9.17, 15) is 10.1 Å². The monoisotopic (exact) mass is 649 g/mol. The number of benzene rings is 3. The van der Waals surface area contributed by atoms with Crippen molar-refractivity contribution in [1.82, 2.24) is 0 Å². The molecule has 2 aliphatic rings. The Labute approximate surface area is 244 Å². The van der Waals surface area contributed by atoms with Gasteiger partial charge >= 0.3 is 0 Å². The van der Waals surface area contributed by atoms with E-state index in [1.165, 1.54) is 6.07 Å². The second-order valence-electron chi connectivity index (χ2n) is 9.79. The van der Waals surface area contributed by atoms with E-state index in [2.05, 4.69) is 44.0 Å². The number of anilines is 1. The van der Waals surface area contributed by atoms with Crippen molar-refractivity contribution in [2.75, 3.05) is 4.90 Å². The lowest BCUT2D eigenvalue weighted by atomic mass is 9.74. The van der Waals surface area contributed by atoms with Gasteiger partial charge in [0.25, 0.3) is 0 Å². The van der Waals surface area contributed by atoms with Gasteiger partial charge in [-0.1, -0.05) is 44.0 Å². The molecule has 0 amide bonds. The average molecular weight is 651 g/mol. The summed E-state index contributed by atoms with van der Waals surface area (Å²) in [4.78, 5) is 15.1. The van der Waals surface area contributed by atoms with Crippen molar-refractivity contribution in [3.05, 3.63) is 114 Å². The van der Waals surface area contributed by atoms with Crippen molar-refractivity contribution in [2.24, 2.45) is 5.73 Å². The largest absolute Gasteiger partial charge is 0.489 e. The lowest BCUT2D eigenvalue weighted by molar-refractivity contribution is -0.116. The van der Waals surface area contributed by atoms with Gasteiger partial charge in [0, 0.05) is 26.6 Å². The molecule has 1 aliphatic heterocycles. The van der Waals surface area contributed by atoms with Gasteiger partial charge < -0.3 is 10.5 Å². The van der Waals surface area contributed by atoms with E-state index >= 15 is 4.39 Å². The van der Waals surface area contributed by atoms with E-state index in [4.69, 9.17) is 10.5 Å². The maximum Gasteiger partial charge on any atom is 0.161 e. The fourth-order valence-corrected chi connectivity index (χ4v) is 6.01. The van der Waals surface area contributed by atoms with Crippen LogP contribution in [0.3, 0.4) is 0 Å². The summed E-state index contributed by atoms with van der Waals surface area (Å²) in [5.74, 6) is -0.299. The summed E-state index contributed by atoms with van der Waals surface area (Å²) in [6.45, 7) is 4.31. The number of nitrogens with two attached hydrogens (primary N) is 1. The molecule has 0 saturated carbocycles. The van der Waals surface area contributed by atoms with Crippen LogP contribution in [-0.4, -0.2) is 5.78 Å². The highest BCUT2D eigenvalue weighted by Crippen LogP contribution is 2.47. The fourth-order valence-electron chi connectivity index (χ4n) is 5.41. The number of aryl methyl sites for hydroxylation is 2. The maximum atomic E-state index is 15.2. The zero-order valence-electron chi connectivity index (χ0n) is 21.5. The van der Waals surface area contributed by atoms with Crippen LogP contribution in [0.15, 0.2) is 86.2 Å². The van der Waals surface area contributed by atoms with Gasteiger partial charge in [0.15, 0.2) is 5.78 Å². The van der Waals surface area contributed by atoms with Crippen molar-refractivity contribution in [3.63, 3.8) is 0 Å². The van der Waals surface area contributed by atoms with Crippen molar-refractivity contribution in [1.29, 1.82) is 5.26 Å². The normalized spacial score (nSPS) is 17.3. The Hall–Kier alpha value is -3.41. The number of allylic oxidation sites excluding steroid dienone is 3. The third-order valence-corrected chi connectivity index (χ3v) is 8.33. The summed E-state index contributed by atoms with van der Waals surface area (Å²) in [5.41, 5.74) is 12.0. The molecule has 1 unspecified atom stereocenters. The van der Waals surface area contributed by atoms with E-state index in [1.807, 2.05) is 44.2 Å². The molecule has 1 atom stereocenters. The summed E-state index contributed by atoms with van der Waals surface area (Å²) < 4.78 is 22.8. The lowest BCUT2D eigenvalue weighted by Crippen LogP contribution is -2.39. The molecule has 39 heavy (non-hydrogen) atoms. The predicted octanol–water partition coefficient (Wildman–Crippen LogP) is 7.85. The molecular formula is C31H26Br2FN3O2. The number of nitriles is 1. The number of hydrogen-bond acceptors (Lipinski definition) is 5. The van der Waals surface area contributed by atoms with Crippen LogP contribution in [-0.2, 0) is 11.4 Å². The summed E-state index contributed by atoms with van der Waals surface area (Å²) >= 11 is 6.73.